The van der Waals surface area contributed by atoms with Gasteiger partial charge in [-0.25, -0.2) is 9.59 Å². The number of thiophene rings is 1. The minimum atomic E-state index is -1.23. The Morgan fingerprint density at radius 1 is 1.44 bits per heavy atom. The van der Waals surface area contributed by atoms with Crippen molar-refractivity contribution in [2.75, 3.05) is 20.3 Å². The molecule has 1 aromatic rings. The number of aliphatic hydroxyl groups excluding tert-OH is 1. The van der Waals surface area contributed by atoms with E-state index >= 15 is 0 Å². The lowest BCUT2D eigenvalue weighted by atomic mass is 10.3. The molecule has 0 bridgehead atoms. The molecule has 2 N–H and O–H groups in total. The third-order valence-corrected chi connectivity index (χ3v) is 3.41. The van der Waals surface area contributed by atoms with Crippen LogP contribution in [0.25, 0.3) is 0 Å². The number of carboxylic acids is 1. The molecule has 2 heterocycles. The zero-order valence-electron chi connectivity index (χ0n) is 9.34. The quantitative estimate of drug-likeness (QED) is 0.767. The SMILES string of the molecule is COC(=O)c1sc(C(=O)O)c2c1OCC(CO)O2. The summed E-state index contributed by atoms with van der Waals surface area (Å²) in [5, 5.41) is 18.0. The highest BCUT2D eigenvalue weighted by atomic mass is 32.1. The fraction of sp³-hybridized carbons (Fsp3) is 0.400. The molecule has 1 aliphatic rings. The van der Waals surface area contributed by atoms with Gasteiger partial charge < -0.3 is 24.4 Å². The average molecular weight is 274 g/mol. The zero-order chi connectivity index (χ0) is 13.3. The van der Waals surface area contributed by atoms with E-state index in [1.807, 2.05) is 0 Å². The molecule has 0 aliphatic carbocycles. The molecule has 0 saturated heterocycles. The molecule has 18 heavy (non-hydrogen) atoms. The van der Waals surface area contributed by atoms with Crippen LogP contribution in [0, 0.1) is 0 Å². The van der Waals surface area contributed by atoms with E-state index in [4.69, 9.17) is 19.7 Å². The number of aliphatic hydroxyl groups is 1. The van der Waals surface area contributed by atoms with Gasteiger partial charge in [0.1, 0.15) is 6.61 Å². The number of esters is 1. The molecule has 2 rings (SSSR count). The molecule has 0 fully saturated rings. The van der Waals surface area contributed by atoms with E-state index in [2.05, 4.69) is 4.74 Å². The number of carboxylic acid groups (broad SMARTS) is 1. The second-order valence-electron chi connectivity index (χ2n) is 3.45. The molecule has 7 nitrogen and oxygen atoms in total. The summed E-state index contributed by atoms with van der Waals surface area (Å²) in [5.41, 5.74) is 0. The molecular weight excluding hydrogens is 264 g/mol. The van der Waals surface area contributed by atoms with E-state index in [0.29, 0.717) is 0 Å². The average Bonchev–Trinajstić information content (AvgIpc) is 2.76. The lowest BCUT2D eigenvalue weighted by molar-refractivity contribution is 0.0410. The number of methoxy groups -OCH3 is 1. The van der Waals surface area contributed by atoms with Gasteiger partial charge in [0.2, 0.25) is 0 Å². The molecule has 1 aromatic heterocycles. The molecule has 0 aromatic carbocycles. The van der Waals surface area contributed by atoms with Crippen LogP contribution in [-0.4, -0.2) is 48.6 Å². The summed E-state index contributed by atoms with van der Waals surface area (Å²) in [7, 11) is 1.19. The van der Waals surface area contributed by atoms with E-state index in [1.165, 1.54) is 7.11 Å². The van der Waals surface area contributed by atoms with Crippen molar-refractivity contribution in [3.8, 4) is 11.5 Å². The van der Waals surface area contributed by atoms with Crippen LogP contribution in [0.5, 0.6) is 11.5 Å². The first-order valence-electron chi connectivity index (χ1n) is 4.97. The van der Waals surface area contributed by atoms with Crippen molar-refractivity contribution in [3.05, 3.63) is 9.75 Å². The Morgan fingerprint density at radius 2 is 2.17 bits per heavy atom. The summed E-state index contributed by atoms with van der Waals surface area (Å²) in [6.45, 7) is -0.259. The van der Waals surface area contributed by atoms with Crippen LogP contribution in [0.3, 0.4) is 0 Å². The minimum Gasteiger partial charge on any atom is -0.484 e. The van der Waals surface area contributed by atoms with Crippen LogP contribution >= 0.6 is 11.3 Å². The Balaban J connectivity index is 2.48. The Bertz CT molecular complexity index is 493. The Morgan fingerprint density at radius 3 is 2.72 bits per heavy atom. The van der Waals surface area contributed by atoms with Gasteiger partial charge in [-0.05, 0) is 0 Å². The first-order chi connectivity index (χ1) is 8.58. The highest BCUT2D eigenvalue weighted by Crippen LogP contribution is 2.45. The summed E-state index contributed by atoms with van der Waals surface area (Å²) in [5.74, 6) is -1.88. The second-order valence-corrected chi connectivity index (χ2v) is 4.47. The third kappa shape index (κ3) is 2.00. The maximum atomic E-state index is 11.5. The van der Waals surface area contributed by atoms with Crippen molar-refractivity contribution >= 4 is 23.3 Å². The summed E-state index contributed by atoms with van der Waals surface area (Å²) in [6, 6.07) is 0. The molecule has 0 amide bonds. The number of fused-ring (bicyclic) bond motifs is 1. The van der Waals surface area contributed by atoms with Gasteiger partial charge in [-0.3, -0.25) is 0 Å². The Hall–Kier alpha value is -1.80. The van der Waals surface area contributed by atoms with E-state index in [9.17, 15) is 9.59 Å². The van der Waals surface area contributed by atoms with Crippen molar-refractivity contribution < 1.29 is 34.0 Å². The zero-order valence-corrected chi connectivity index (χ0v) is 10.2. The molecule has 8 heteroatoms. The van der Waals surface area contributed by atoms with E-state index < -0.39 is 18.0 Å². The molecule has 0 radical (unpaired) electrons. The topological polar surface area (TPSA) is 102 Å². The lowest BCUT2D eigenvalue weighted by Gasteiger charge is -2.23. The molecule has 1 aliphatic heterocycles. The smallest absolute Gasteiger partial charge is 0.352 e. The van der Waals surface area contributed by atoms with Gasteiger partial charge in [0.15, 0.2) is 27.4 Å². The molecule has 0 saturated carbocycles. The van der Waals surface area contributed by atoms with Crippen molar-refractivity contribution in [3.63, 3.8) is 0 Å². The number of ether oxygens (including phenoxy) is 3. The largest absolute Gasteiger partial charge is 0.484 e. The monoisotopic (exact) mass is 274 g/mol. The predicted molar refractivity (Wildman–Crippen MR) is 59.6 cm³/mol. The van der Waals surface area contributed by atoms with Crippen molar-refractivity contribution in [2.45, 2.75) is 6.10 Å². The maximum absolute atomic E-state index is 11.5. The minimum absolute atomic E-state index is 0.0294. The number of hydrogen-bond acceptors (Lipinski definition) is 7. The van der Waals surface area contributed by atoms with Crippen molar-refractivity contribution in [2.24, 2.45) is 0 Å². The summed E-state index contributed by atoms with van der Waals surface area (Å²) >= 11 is 0.723. The number of rotatable bonds is 3. The number of carbonyl (C=O) groups excluding carboxylic acids is 1. The first-order valence-corrected chi connectivity index (χ1v) is 5.78. The molecular formula is C10H10O7S. The van der Waals surface area contributed by atoms with Crippen LogP contribution in [0.15, 0.2) is 0 Å². The van der Waals surface area contributed by atoms with Gasteiger partial charge in [-0.2, -0.15) is 0 Å². The third-order valence-electron chi connectivity index (χ3n) is 2.29. The van der Waals surface area contributed by atoms with Crippen LogP contribution in [0.2, 0.25) is 0 Å². The lowest BCUT2D eigenvalue weighted by Crippen LogP contribution is -2.32. The highest BCUT2D eigenvalue weighted by molar-refractivity contribution is 7.16. The predicted octanol–water partition coefficient (Wildman–Crippen LogP) is 0.365. The van der Waals surface area contributed by atoms with Gasteiger partial charge in [-0.15, -0.1) is 11.3 Å². The van der Waals surface area contributed by atoms with Gasteiger partial charge >= 0.3 is 11.9 Å². The standard InChI is InChI=1S/C10H10O7S/c1-15-10(14)8-5-6(7(18-8)9(12)13)17-4(2-11)3-16-5/h4,11H,2-3H2,1H3,(H,12,13). The first kappa shape index (κ1) is 12.7. The van der Waals surface area contributed by atoms with Gasteiger partial charge in [-0.1, -0.05) is 0 Å². The number of hydrogen-bond donors (Lipinski definition) is 2. The normalized spacial score (nSPS) is 17.3. The Labute approximate surface area is 106 Å². The molecule has 0 spiro atoms. The molecule has 1 unspecified atom stereocenters. The van der Waals surface area contributed by atoms with Crippen molar-refractivity contribution in [1.82, 2.24) is 0 Å². The fourth-order valence-electron chi connectivity index (χ4n) is 1.47. The van der Waals surface area contributed by atoms with Crippen LogP contribution in [-0.2, 0) is 4.74 Å². The van der Waals surface area contributed by atoms with Crippen LogP contribution < -0.4 is 9.47 Å². The molecule has 98 valence electrons. The summed E-state index contributed by atoms with van der Waals surface area (Å²) in [6.07, 6.45) is -0.643. The number of carbonyl (C=O) groups is 2. The highest BCUT2D eigenvalue weighted by Gasteiger charge is 2.34. The Kier molecular flexibility index (Phi) is 3.39. The van der Waals surface area contributed by atoms with E-state index in [1.54, 1.807) is 0 Å². The van der Waals surface area contributed by atoms with Gasteiger partial charge in [0.05, 0.1) is 13.7 Å². The molecule has 1 atom stereocenters. The number of aromatic carboxylic acids is 1. The summed E-state index contributed by atoms with van der Waals surface area (Å²) < 4.78 is 15.1. The van der Waals surface area contributed by atoms with Gasteiger partial charge in [0, 0.05) is 0 Å². The van der Waals surface area contributed by atoms with Crippen LogP contribution in [0.1, 0.15) is 19.3 Å². The van der Waals surface area contributed by atoms with Gasteiger partial charge in [0.25, 0.3) is 0 Å². The second kappa shape index (κ2) is 4.83. The van der Waals surface area contributed by atoms with E-state index in [0.717, 1.165) is 11.3 Å². The fourth-order valence-corrected chi connectivity index (χ4v) is 2.41. The maximum Gasteiger partial charge on any atom is 0.352 e. The van der Waals surface area contributed by atoms with E-state index in [-0.39, 0.29) is 34.5 Å². The van der Waals surface area contributed by atoms with Crippen molar-refractivity contribution in [1.29, 1.82) is 0 Å². The summed E-state index contributed by atoms with van der Waals surface area (Å²) in [4.78, 5) is 22.4. The van der Waals surface area contributed by atoms with Crippen LogP contribution in [0.4, 0.5) is 0 Å².